The molecule has 0 aliphatic carbocycles. The van der Waals surface area contributed by atoms with Gasteiger partial charge in [-0.1, -0.05) is 56.3 Å². The zero-order valence-electron chi connectivity index (χ0n) is 13.7. The van der Waals surface area contributed by atoms with E-state index in [-0.39, 0.29) is 30.0 Å². The van der Waals surface area contributed by atoms with Crippen LogP contribution < -0.4 is 10.1 Å². The summed E-state index contributed by atoms with van der Waals surface area (Å²) in [6, 6.07) is 15.8. The zero-order valence-corrected chi connectivity index (χ0v) is 13.7. The average molecular weight is 333 g/mol. The number of carbonyl (C=O) groups excluding carboxylic acids is 1. The molecule has 0 heterocycles. The fraction of sp³-hybridized carbons (Fsp3) is 0.316. The van der Waals surface area contributed by atoms with Gasteiger partial charge in [-0.2, -0.15) is 8.78 Å². The third-order valence-electron chi connectivity index (χ3n) is 3.66. The lowest BCUT2D eigenvalue weighted by atomic mass is 9.95. The molecular weight excluding hydrogens is 312 g/mol. The molecule has 0 radical (unpaired) electrons. The third kappa shape index (κ3) is 5.33. The Kier molecular flexibility index (Phi) is 6.29. The summed E-state index contributed by atoms with van der Waals surface area (Å²) in [7, 11) is 0. The maximum absolute atomic E-state index is 12.3. The van der Waals surface area contributed by atoms with Crippen molar-refractivity contribution in [3.63, 3.8) is 0 Å². The van der Waals surface area contributed by atoms with E-state index in [9.17, 15) is 13.6 Å². The van der Waals surface area contributed by atoms with Crippen molar-refractivity contribution in [3.8, 4) is 5.75 Å². The Bertz CT molecular complexity index is 642. The van der Waals surface area contributed by atoms with E-state index in [2.05, 4.69) is 23.9 Å². The summed E-state index contributed by atoms with van der Waals surface area (Å²) in [5.41, 5.74) is 1.80. The largest absolute Gasteiger partial charge is 0.435 e. The van der Waals surface area contributed by atoms with Crippen LogP contribution in [0.15, 0.2) is 54.6 Å². The van der Waals surface area contributed by atoms with Gasteiger partial charge in [0.25, 0.3) is 0 Å². The number of hydrogen-bond acceptors (Lipinski definition) is 2. The summed E-state index contributed by atoms with van der Waals surface area (Å²) in [6.07, 6.45) is 0.186. The molecule has 0 aliphatic heterocycles. The molecule has 0 fully saturated rings. The molecule has 0 saturated carbocycles. The van der Waals surface area contributed by atoms with E-state index < -0.39 is 6.61 Å². The first-order chi connectivity index (χ1) is 11.5. The molecule has 24 heavy (non-hydrogen) atoms. The number of ether oxygens (including phenoxy) is 1. The van der Waals surface area contributed by atoms with Crippen LogP contribution in [0, 0.1) is 5.92 Å². The highest BCUT2D eigenvalue weighted by Crippen LogP contribution is 2.21. The van der Waals surface area contributed by atoms with Gasteiger partial charge in [0.1, 0.15) is 5.75 Å². The fourth-order valence-electron chi connectivity index (χ4n) is 2.49. The lowest BCUT2D eigenvalue weighted by molar-refractivity contribution is -0.121. The molecule has 2 aromatic carbocycles. The number of amides is 1. The van der Waals surface area contributed by atoms with Crippen LogP contribution in [-0.4, -0.2) is 12.5 Å². The van der Waals surface area contributed by atoms with E-state index in [0.29, 0.717) is 0 Å². The lowest BCUT2D eigenvalue weighted by Crippen LogP contribution is -2.32. The van der Waals surface area contributed by atoms with Crippen molar-refractivity contribution in [2.24, 2.45) is 5.92 Å². The number of benzene rings is 2. The van der Waals surface area contributed by atoms with E-state index >= 15 is 0 Å². The number of nitrogens with one attached hydrogen (secondary N) is 1. The highest BCUT2D eigenvalue weighted by molar-refractivity contribution is 5.79. The molecule has 3 nitrogen and oxygen atoms in total. The van der Waals surface area contributed by atoms with Crippen molar-refractivity contribution in [1.29, 1.82) is 0 Å². The Labute approximate surface area is 140 Å². The molecule has 128 valence electrons. The predicted octanol–water partition coefficient (Wildman–Crippen LogP) is 4.34. The van der Waals surface area contributed by atoms with Gasteiger partial charge in [-0.3, -0.25) is 4.79 Å². The van der Waals surface area contributed by atoms with Gasteiger partial charge in [0.15, 0.2) is 0 Å². The van der Waals surface area contributed by atoms with Gasteiger partial charge in [-0.05, 0) is 29.2 Å². The summed E-state index contributed by atoms with van der Waals surface area (Å²) in [6.45, 7) is 1.25. The molecule has 0 aromatic heterocycles. The van der Waals surface area contributed by atoms with Crippen LogP contribution in [0.1, 0.15) is 31.0 Å². The van der Waals surface area contributed by atoms with Crippen LogP contribution in [0.2, 0.25) is 0 Å². The Hall–Kier alpha value is -2.43. The SMILES string of the molecule is CC(C)C(NC(=O)Cc1ccc(OC(F)F)cc1)c1ccccc1. The smallest absolute Gasteiger partial charge is 0.387 e. The Morgan fingerprint density at radius 2 is 1.67 bits per heavy atom. The second kappa shape index (κ2) is 8.43. The molecule has 2 rings (SSSR count). The number of carbonyl (C=O) groups is 1. The zero-order chi connectivity index (χ0) is 17.5. The quantitative estimate of drug-likeness (QED) is 0.818. The second-order valence-electron chi connectivity index (χ2n) is 5.90. The molecule has 1 N–H and O–H groups in total. The van der Waals surface area contributed by atoms with Gasteiger partial charge in [0.2, 0.25) is 5.91 Å². The third-order valence-corrected chi connectivity index (χ3v) is 3.66. The van der Waals surface area contributed by atoms with Crippen LogP contribution in [0.3, 0.4) is 0 Å². The van der Waals surface area contributed by atoms with E-state index in [4.69, 9.17) is 0 Å². The van der Waals surface area contributed by atoms with E-state index in [0.717, 1.165) is 11.1 Å². The van der Waals surface area contributed by atoms with Gasteiger partial charge < -0.3 is 10.1 Å². The van der Waals surface area contributed by atoms with Crippen molar-refractivity contribution < 1.29 is 18.3 Å². The summed E-state index contributed by atoms with van der Waals surface area (Å²) in [5.74, 6) is 0.219. The maximum atomic E-state index is 12.3. The van der Waals surface area contributed by atoms with Crippen LogP contribution in [0.5, 0.6) is 5.75 Å². The minimum atomic E-state index is -2.85. The van der Waals surface area contributed by atoms with Crippen molar-refractivity contribution in [2.75, 3.05) is 0 Å². The molecule has 5 heteroatoms. The molecule has 0 spiro atoms. The monoisotopic (exact) mass is 333 g/mol. The van der Waals surface area contributed by atoms with Gasteiger partial charge in [0.05, 0.1) is 12.5 Å². The fourth-order valence-corrected chi connectivity index (χ4v) is 2.49. The maximum Gasteiger partial charge on any atom is 0.387 e. The van der Waals surface area contributed by atoms with Gasteiger partial charge in [-0.25, -0.2) is 0 Å². The van der Waals surface area contributed by atoms with Crippen molar-refractivity contribution >= 4 is 5.91 Å². The number of alkyl halides is 2. The molecule has 0 saturated heterocycles. The summed E-state index contributed by atoms with van der Waals surface area (Å²) in [4.78, 5) is 12.3. The summed E-state index contributed by atoms with van der Waals surface area (Å²) >= 11 is 0. The van der Waals surface area contributed by atoms with Crippen molar-refractivity contribution in [1.82, 2.24) is 5.32 Å². The minimum absolute atomic E-state index is 0.0693. The minimum Gasteiger partial charge on any atom is -0.435 e. The average Bonchev–Trinajstić information content (AvgIpc) is 2.54. The van der Waals surface area contributed by atoms with Crippen LogP contribution in [0.25, 0.3) is 0 Å². The first-order valence-electron chi connectivity index (χ1n) is 7.83. The molecule has 1 amide bonds. The van der Waals surface area contributed by atoms with Crippen LogP contribution in [-0.2, 0) is 11.2 Å². The second-order valence-corrected chi connectivity index (χ2v) is 5.90. The first kappa shape index (κ1) is 17.9. The number of rotatable bonds is 7. The molecule has 1 atom stereocenters. The summed E-state index contributed by atoms with van der Waals surface area (Å²) < 4.78 is 28.5. The highest BCUT2D eigenvalue weighted by atomic mass is 19.3. The topological polar surface area (TPSA) is 38.3 Å². The number of halogens is 2. The molecule has 0 bridgehead atoms. The van der Waals surface area contributed by atoms with Gasteiger partial charge in [-0.15, -0.1) is 0 Å². The molecule has 1 unspecified atom stereocenters. The van der Waals surface area contributed by atoms with E-state index in [1.54, 1.807) is 12.1 Å². The van der Waals surface area contributed by atoms with Crippen molar-refractivity contribution in [2.45, 2.75) is 32.9 Å². The van der Waals surface area contributed by atoms with Crippen LogP contribution >= 0.6 is 0 Å². The highest BCUT2D eigenvalue weighted by Gasteiger charge is 2.18. The molecule has 2 aromatic rings. The normalized spacial score (nSPS) is 12.2. The van der Waals surface area contributed by atoms with Gasteiger partial charge in [0, 0.05) is 0 Å². The van der Waals surface area contributed by atoms with Crippen LogP contribution in [0.4, 0.5) is 8.78 Å². The Balaban J connectivity index is 1.98. The standard InChI is InChI=1S/C19H21F2NO2/c1-13(2)18(15-6-4-3-5-7-15)22-17(23)12-14-8-10-16(11-9-14)24-19(20)21/h3-11,13,18-19H,12H2,1-2H3,(H,22,23). The predicted molar refractivity (Wildman–Crippen MR) is 88.9 cm³/mol. The summed E-state index contributed by atoms with van der Waals surface area (Å²) in [5, 5.41) is 3.04. The number of hydrogen-bond donors (Lipinski definition) is 1. The van der Waals surface area contributed by atoms with Crippen molar-refractivity contribution in [3.05, 3.63) is 65.7 Å². The molecular formula is C19H21F2NO2. The van der Waals surface area contributed by atoms with Gasteiger partial charge >= 0.3 is 6.61 Å². The molecule has 0 aliphatic rings. The van der Waals surface area contributed by atoms with E-state index in [1.807, 2.05) is 30.3 Å². The lowest BCUT2D eigenvalue weighted by Gasteiger charge is -2.23. The Morgan fingerprint density at radius 1 is 1.04 bits per heavy atom. The first-order valence-corrected chi connectivity index (χ1v) is 7.83. The van der Waals surface area contributed by atoms with E-state index in [1.165, 1.54) is 12.1 Å². The Morgan fingerprint density at radius 3 is 2.21 bits per heavy atom.